The molecular formula is C14H21NS. The van der Waals surface area contributed by atoms with E-state index in [0.717, 1.165) is 0 Å². The number of rotatable bonds is 3. The molecule has 1 aromatic carbocycles. The lowest BCUT2D eigenvalue weighted by molar-refractivity contribution is 0.818. The second-order valence-electron chi connectivity index (χ2n) is 3.27. The number of hydrogen-bond acceptors (Lipinski definition) is 2. The average molecular weight is 235 g/mol. The fourth-order valence-electron chi connectivity index (χ4n) is 1.38. The molecule has 0 spiro atoms. The lowest BCUT2D eigenvalue weighted by atomic mass is 10.1. The van der Waals surface area contributed by atoms with Crippen LogP contribution in [0.15, 0.2) is 43.5 Å². The summed E-state index contributed by atoms with van der Waals surface area (Å²) < 4.78 is 0. The molecule has 0 amide bonds. The molecule has 2 heteroatoms. The third-order valence-corrected chi connectivity index (χ3v) is 3.09. The van der Waals surface area contributed by atoms with Crippen molar-refractivity contribution in [2.75, 3.05) is 6.26 Å². The summed E-state index contributed by atoms with van der Waals surface area (Å²) in [5.74, 6) is 0. The van der Waals surface area contributed by atoms with Gasteiger partial charge in [-0.1, -0.05) is 24.3 Å². The van der Waals surface area contributed by atoms with Crippen LogP contribution < -0.4 is 5.73 Å². The molecule has 1 aromatic rings. The van der Waals surface area contributed by atoms with Gasteiger partial charge < -0.3 is 5.73 Å². The monoisotopic (exact) mass is 235 g/mol. The third kappa shape index (κ3) is 4.25. The topological polar surface area (TPSA) is 26.0 Å². The standard InChI is InChI=1S/C12H17NS.C2H4/c1-4-12(14-3)11-7-5-6-10(8-11)9(2)13;1-2/h4-9H,13H2,1-3H3;1-2H2/b12-4-;. The molecule has 0 radical (unpaired) electrons. The van der Waals surface area contributed by atoms with Crippen LogP contribution in [-0.2, 0) is 0 Å². The van der Waals surface area contributed by atoms with Crippen LogP contribution in [0.4, 0.5) is 0 Å². The molecule has 1 unspecified atom stereocenters. The molecule has 1 atom stereocenters. The Morgan fingerprint density at radius 2 is 2.06 bits per heavy atom. The zero-order chi connectivity index (χ0) is 12.6. The Balaban J connectivity index is 0.00000106. The van der Waals surface area contributed by atoms with Crippen molar-refractivity contribution in [2.45, 2.75) is 19.9 Å². The smallest absolute Gasteiger partial charge is 0.0266 e. The maximum absolute atomic E-state index is 5.84. The highest BCUT2D eigenvalue weighted by atomic mass is 32.2. The Hall–Kier alpha value is -0.990. The molecule has 88 valence electrons. The minimum atomic E-state index is 0.106. The van der Waals surface area contributed by atoms with Gasteiger partial charge in [-0.2, -0.15) is 0 Å². The Morgan fingerprint density at radius 3 is 2.50 bits per heavy atom. The lowest BCUT2D eigenvalue weighted by Crippen LogP contribution is -2.04. The summed E-state index contributed by atoms with van der Waals surface area (Å²) in [6.45, 7) is 10.1. The second-order valence-corrected chi connectivity index (χ2v) is 4.12. The number of nitrogens with two attached hydrogens (primary N) is 1. The first-order valence-electron chi connectivity index (χ1n) is 5.25. The van der Waals surface area contributed by atoms with Crippen molar-refractivity contribution in [3.8, 4) is 0 Å². The zero-order valence-electron chi connectivity index (χ0n) is 10.4. The molecule has 16 heavy (non-hydrogen) atoms. The van der Waals surface area contributed by atoms with Gasteiger partial charge in [-0.05, 0) is 37.3 Å². The van der Waals surface area contributed by atoms with Crippen LogP contribution in [0.2, 0.25) is 0 Å². The van der Waals surface area contributed by atoms with Crippen LogP contribution >= 0.6 is 11.8 Å². The molecular weight excluding hydrogens is 214 g/mol. The third-order valence-electron chi connectivity index (χ3n) is 2.18. The summed E-state index contributed by atoms with van der Waals surface area (Å²) in [7, 11) is 0. The van der Waals surface area contributed by atoms with E-state index in [0.29, 0.717) is 0 Å². The van der Waals surface area contributed by atoms with Crippen LogP contribution in [0.3, 0.4) is 0 Å². The van der Waals surface area contributed by atoms with Crippen molar-refractivity contribution in [1.29, 1.82) is 0 Å². The van der Waals surface area contributed by atoms with Crippen LogP contribution in [-0.4, -0.2) is 6.26 Å². The fraction of sp³-hybridized carbons (Fsp3) is 0.286. The van der Waals surface area contributed by atoms with Gasteiger partial charge in [-0.3, -0.25) is 0 Å². The van der Waals surface area contributed by atoms with Gasteiger partial charge in [0.2, 0.25) is 0 Å². The highest BCUT2D eigenvalue weighted by Crippen LogP contribution is 2.26. The van der Waals surface area contributed by atoms with Crippen LogP contribution in [0.5, 0.6) is 0 Å². The molecule has 1 rings (SSSR count). The maximum Gasteiger partial charge on any atom is 0.0266 e. The van der Waals surface area contributed by atoms with E-state index in [1.54, 1.807) is 11.8 Å². The summed E-state index contributed by atoms with van der Waals surface area (Å²) in [5, 5.41) is 0. The predicted octanol–water partition coefficient (Wildman–Crippen LogP) is 4.23. The van der Waals surface area contributed by atoms with Gasteiger partial charge in [0.1, 0.15) is 0 Å². The number of hydrogen-bond donors (Lipinski definition) is 1. The molecule has 0 saturated heterocycles. The highest BCUT2D eigenvalue weighted by Gasteiger charge is 2.02. The van der Waals surface area contributed by atoms with E-state index in [4.69, 9.17) is 5.73 Å². The van der Waals surface area contributed by atoms with Gasteiger partial charge >= 0.3 is 0 Å². The highest BCUT2D eigenvalue weighted by molar-refractivity contribution is 8.07. The summed E-state index contributed by atoms with van der Waals surface area (Å²) in [4.78, 5) is 1.30. The van der Waals surface area contributed by atoms with Crippen molar-refractivity contribution in [2.24, 2.45) is 5.73 Å². The minimum absolute atomic E-state index is 0.106. The van der Waals surface area contributed by atoms with E-state index >= 15 is 0 Å². The summed E-state index contributed by atoms with van der Waals surface area (Å²) in [5.41, 5.74) is 8.29. The van der Waals surface area contributed by atoms with Crippen LogP contribution in [0.1, 0.15) is 31.0 Å². The summed E-state index contributed by atoms with van der Waals surface area (Å²) in [6.07, 6.45) is 4.22. The Kier molecular flexibility index (Phi) is 7.69. The molecule has 0 fully saturated rings. The Morgan fingerprint density at radius 1 is 1.44 bits per heavy atom. The minimum Gasteiger partial charge on any atom is -0.324 e. The molecule has 0 aromatic heterocycles. The Labute approximate surface area is 103 Å². The zero-order valence-corrected chi connectivity index (χ0v) is 11.2. The average Bonchev–Trinajstić information content (AvgIpc) is 2.33. The number of thioether (sulfide) groups is 1. The quantitative estimate of drug-likeness (QED) is 0.793. The van der Waals surface area contributed by atoms with E-state index in [-0.39, 0.29) is 6.04 Å². The van der Waals surface area contributed by atoms with Crippen molar-refractivity contribution in [3.05, 3.63) is 54.6 Å². The van der Waals surface area contributed by atoms with Gasteiger partial charge in [-0.15, -0.1) is 24.9 Å². The predicted molar refractivity (Wildman–Crippen MR) is 77.5 cm³/mol. The molecule has 0 aliphatic carbocycles. The van der Waals surface area contributed by atoms with E-state index < -0.39 is 0 Å². The maximum atomic E-state index is 5.84. The van der Waals surface area contributed by atoms with E-state index in [1.807, 2.05) is 6.92 Å². The fourth-order valence-corrected chi connectivity index (χ4v) is 1.98. The number of allylic oxidation sites excluding steroid dienone is 1. The molecule has 0 saturated carbocycles. The van der Waals surface area contributed by atoms with Crippen molar-refractivity contribution < 1.29 is 0 Å². The van der Waals surface area contributed by atoms with Crippen molar-refractivity contribution >= 4 is 16.7 Å². The molecule has 0 bridgehead atoms. The largest absolute Gasteiger partial charge is 0.324 e. The first-order chi connectivity index (χ1) is 7.69. The van der Waals surface area contributed by atoms with Crippen molar-refractivity contribution in [3.63, 3.8) is 0 Å². The van der Waals surface area contributed by atoms with E-state index in [2.05, 4.69) is 56.7 Å². The van der Waals surface area contributed by atoms with Gasteiger partial charge in [0.05, 0.1) is 0 Å². The molecule has 1 nitrogen and oxygen atoms in total. The van der Waals surface area contributed by atoms with E-state index in [1.165, 1.54) is 16.0 Å². The van der Waals surface area contributed by atoms with Gasteiger partial charge in [0, 0.05) is 10.9 Å². The van der Waals surface area contributed by atoms with E-state index in [9.17, 15) is 0 Å². The summed E-state index contributed by atoms with van der Waals surface area (Å²) in [6, 6.07) is 8.53. The molecule has 0 aliphatic rings. The second kappa shape index (κ2) is 8.20. The van der Waals surface area contributed by atoms with Crippen molar-refractivity contribution in [1.82, 2.24) is 0 Å². The molecule has 2 N–H and O–H groups in total. The number of benzene rings is 1. The first-order valence-corrected chi connectivity index (χ1v) is 6.47. The summed E-state index contributed by atoms with van der Waals surface area (Å²) >= 11 is 1.76. The van der Waals surface area contributed by atoms with Gasteiger partial charge in [0.25, 0.3) is 0 Å². The van der Waals surface area contributed by atoms with Crippen LogP contribution in [0, 0.1) is 0 Å². The molecule has 0 heterocycles. The Bertz CT molecular complexity index is 342. The van der Waals surface area contributed by atoms with Crippen LogP contribution in [0.25, 0.3) is 4.91 Å². The lowest BCUT2D eigenvalue weighted by Gasteiger charge is -2.09. The van der Waals surface area contributed by atoms with Gasteiger partial charge in [0.15, 0.2) is 0 Å². The first kappa shape index (κ1) is 15.0. The molecule has 0 aliphatic heterocycles. The SMILES string of the molecule is C/C=C(\SC)c1cccc(C(C)N)c1.C=C. The van der Waals surface area contributed by atoms with Gasteiger partial charge in [-0.25, -0.2) is 0 Å². The normalized spacial score (nSPS) is 12.6.